The molecule has 0 radical (unpaired) electrons. The topological polar surface area (TPSA) is 42.7 Å². The fourth-order valence-corrected chi connectivity index (χ4v) is 3.69. The van der Waals surface area contributed by atoms with E-state index in [1.54, 1.807) is 11.3 Å². The predicted molar refractivity (Wildman–Crippen MR) is 87.3 cm³/mol. The van der Waals surface area contributed by atoms with Crippen molar-refractivity contribution in [2.24, 2.45) is 0 Å². The molecule has 110 valence electrons. The molecule has 20 heavy (non-hydrogen) atoms. The molecule has 0 aliphatic heterocycles. The molecule has 4 nitrogen and oxygen atoms in total. The highest BCUT2D eigenvalue weighted by Crippen LogP contribution is 2.27. The molecular weight excluding hydrogens is 336 g/mol. The largest absolute Gasteiger partial charge is 0.311 e. The predicted octanol–water partition coefficient (Wildman–Crippen LogP) is 3.50. The van der Waals surface area contributed by atoms with Crippen molar-refractivity contribution in [2.75, 3.05) is 7.05 Å². The Balaban J connectivity index is 2.29. The quantitative estimate of drug-likeness (QED) is 0.861. The zero-order valence-electron chi connectivity index (χ0n) is 12.4. The van der Waals surface area contributed by atoms with Crippen molar-refractivity contribution < 1.29 is 0 Å². The average molecular weight is 357 g/mol. The molecular formula is C14H21BrN4S. The second kappa shape index (κ2) is 6.83. The number of hydrogen-bond donors (Lipinski definition) is 1. The van der Waals surface area contributed by atoms with Crippen LogP contribution in [-0.2, 0) is 19.4 Å². The lowest BCUT2D eigenvalue weighted by Gasteiger charge is -2.15. The highest BCUT2D eigenvalue weighted by Gasteiger charge is 2.20. The summed E-state index contributed by atoms with van der Waals surface area (Å²) < 4.78 is 3.24. The molecule has 2 rings (SSSR count). The molecule has 2 heterocycles. The smallest absolute Gasteiger partial charge is 0.0898 e. The number of thiazole rings is 1. The van der Waals surface area contributed by atoms with Crippen molar-refractivity contribution in [2.45, 2.75) is 46.2 Å². The molecule has 2 aromatic heterocycles. The molecule has 0 amide bonds. The van der Waals surface area contributed by atoms with E-state index < -0.39 is 0 Å². The first-order valence-electron chi connectivity index (χ1n) is 6.94. The number of hydrogen-bond acceptors (Lipinski definition) is 4. The van der Waals surface area contributed by atoms with Crippen LogP contribution in [0.3, 0.4) is 0 Å². The van der Waals surface area contributed by atoms with Crippen LogP contribution in [0.2, 0.25) is 0 Å². The number of halogens is 1. The van der Waals surface area contributed by atoms with Crippen molar-refractivity contribution in [3.8, 4) is 0 Å². The zero-order chi connectivity index (χ0) is 14.7. The fraction of sp³-hybridized carbons (Fsp3) is 0.571. The summed E-state index contributed by atoms with van der Waals surface area (Å²) in [6.45, 7) is 7.20. The van der Waals surface area contributed by atoms with E-state index in [4.69, 9.17) is 0 Å². The van der Waals surface area contributed by atoms with Gasteiger partial charge in [-0.05, 0) is 43.2 Å². The van der Waals surface area contributed by atoms with Crippen LogP contribution in [0.15, 0.2) is 9.85 Å². The molecule has 6 heteroatoms. The molecule has 1 unspecified atom stereocenters. The summed E-state index contributed by atoms with van der Waals surface area (Å²) in [5.74, 6) is 0. The maximum Gasteiger partial charge on any atom is 0.0898 e. The molecule has 0 saturated heterocycles. The molecule has 0 spiro atoms. The molecule has 0 bridgehead atoms. The Morgan fingerprint density at radius 2 is 2.20 bits per heavy atom. The Bertz CT molecular complexity index is 576. The summed E-state index contributed by atoms with van der Waals surface area (Å²) in [6, 6.07) is 0.225. The van der Waals surface area contributed by atoms with E-state index in [1.165, 1.54) is 5.69 Å². The molecule has 1 N–H and O–H groups in total. The second-order valence-corrected chi connectivity index (χ2v) is 6.57. The Morgan fingerprint density at radius 1 is 1.45 bits per heavy atom. The first-order chi connectivity index (χ1) is 9.60. The monoisotopic (exact) mass is 356 g/mol. The van der Waals surface area contributed by atoms with Gasteiger partial charge in [0.05, 0.1) is 32.6 Å². The molecule has 2 aromatic rings. The number of aromatic nitrogens is 3. The van der Waals surface area contributed by atoms with Crippen LogP contribution in [0, 0.1) is 6.92 Å². The van der Waals surface area contributed by atoms with E-state index in [0.717, 1.165) is 40.3 Å². The summed E-state index contributed by atoms with van der Waals surface area (Å²) in [6.07, 6.45) is 1.84. The summed E-state index contributed by atoms with van der Waals surface area (Å²) in [7, 11) is 1.99. The highest BCUT2D eigenvalue weighted by atomic mass is 79.9. The van der Waals surface area contributed by atoms with E-state index in [2.05, 4.69) is 55.2 Å². The minimum absolute atomic E-state index is 0.225. The average Bonchev–Trinajstić information content (AvgIpc) is 3.00. The molecule has 1 atom stereocenters. The molecule has 0 aliphatic rings. The Hall–Kier alpha value is -0.720. The standard InChI is InChI=1S/C14H21BrN4S/c1-5-10-14(15)13(19(6-2)18-10)7-11(16-4)12-8-20-9(3)17-12/h8,11,16H,5-7H2,1-4H3. The maximum atomic E-state index is 4.66. The minimum Gasteiger partial charge on any atom is -0.311 e. The van der Waals surface area contributed by atoms with Crippen molar-refractivity contribution in [1.82, 2.24) is 20.1 Å². The minimum atomic E-state index is 0.225. The van der Waals surface area contributed by atoms with Gasteiger partial charge in [0, 0.05) is 18.3 Å². The third kappa shape index (κ3) is 3.13. The van der Waals surface area contributed by atoms with E-state index in [0.29, 0.717) is 0 Å². The van der Waals surface area contributed by atoms with Crippen LogP contribution in [0.25, 0.3) is 0 Å². The van der Waals surface area contributed by atoms with Gasteiger partial charge in [-0.15, -0.1) is 11.3 Å². The van der Waals surface area contributed by atoms with E-state index in [9.17, 15) is 0 Å². The van der Waals surface area contributed by atoms with Gasteiger partial charge in [0.2, 0.25) is 0 Å². The Labute approximate surface area is 132 Å². The van der Waals surface area contributed by atoms with Crippen LogP contribution in [-0.4, -0.2) is 21.8 Å². The third-order valence-electron chi connectivity index (χ3n) is 3.43. The lowest BCUT2D eigenvalue weighted by Crippen LogP contribution is -2.21. The second-order valence-electron chi connectivity index (χ2n) is 4.71. The van der Waals surface area contributed by atoms with Gasteiger partial charge >= 0.3 is 0 Å². The van der Waals surface area contributed by atoms with E-state index in [1.807, 2.05) is 14.0 Å². The number of nitrogens with one attached hydrogen (secondary N) is 1. The number of likely N-dealkylation sites (N-methyl/N-ethyl adjacent to an activating group) is 1. The SMILES string of the molecule is CCc1nn(CC)c(CC(NC)c2csc(C)n2)c1Br. The lowest BCUT2D eigenvalue weighted by atomic mass is 10.1. The van der Waals surface area contributed by atoms with Crippen LogP contribution in [0.1, 0.15) is 42.0 Å². The van der Waals surface area contributed by atoms with E-state index >= 15 is 0 Å². The summed E-state index contributed by atoms with van der Waals surface area (Å²) in [5.41, 5.74) is 3.49. The molecule has 0 aromatic carbocycles. The number of nitrogens with zero attached hydrogens (tertiary/aromatic N) is 3. The fourth-order valence-electron chi connectivity index (χ4n) is 2.30. The maximum absolute atomic E-state index is 4.66. The van der Waals surface area contributed by atoms with E-state index in [-0.39, 0.29) is 6.04 Å². The van der Waals surface area contributed by atoms with Crippen molar-refractivity contribution >= 4 is 27.3 Å². The van der Waals surface area contributed by atoms with Crippen LogP contribution >= 0.6 is 27.3 Å². The van der Waals surface area contributed by atoms with Crippen LogP contribution in [0.5, 0.6) is 0 Å². The van der Waals surface area contributed by atoms with Gasteiger partial charge in [-0.1, -0.05) is 6.92 Å². The first kappa shape index (κ1) is 15.7. The summed E-state index contributed by atoms with van der Waals surface area (Å²) in [5, 5.41) is 11.3. The first-order valence-corrected chi connectivity index (χ1v) is 8.61. The van der Waals surface area contributed by atoms with Gasteiger partial charge in [0.15, 0.2) is 0 Å². The van der Waals surface area contributed by atoms with Crippen LogP contribution < -0.4 is 5.32 Å². The van der Waals surface area contributed by atoms with Gasteiger partial charge in [-0.2, -0.15) is 5.10 Å². The lowest BCUT2D eigenvalue weighted by molar-refractivity contribution is 0.531. The van der Waals surface area contributed by atoms with Crippen molar-refractivity contribution in [1.29, 1.82) is 0 Å². The zero-order valence-corrected chi connectivity index (χ0v) is 14.8. The summed E-state index contributed by atoms with van der Waals surface area (Å²) in [4.78, 5) is 4.60. The van der Waals surface area contributed by atoms with Gasteiger partial charge < -0.3 is 5.32 Å². The van der Waals surface area contributed by atoms with Gasteiger partial charge in [-0.25, -0.2) is 4.98 Å². The van der Waals surface area contributed by atoms with Gasteiger partial charge in [-0.3, -0.25) is 4.68 Å². The molecule has 0 fully saturated rings. The van der Waals surface area contributed by atoms with Crippen molar-refractivity contribution in [3.05, 3.63) is 31.9 Å². The highest BCUT2D eigenvalue weighted by molar-refractivity contribution is 9.10. The Morgan fingerprint density at radius 3 is 2.70 bits per heavy atom. The number of aryl methyl sites for hydroxylation is 3. The molecule has 0 aliphatic carbocycles. The van der Waals surface area contributed by atoms with Crippen molar-refractivity contribution in [3.63, 3.8) is 0 Å². The van der Waals surface area contributed by atoms with Gasteiger partial charge in [0.25, 0.3) is 0 Å². The third-order valence-corrected chi connectivity index (χ3v) is 5.14. The Kier molecular flexibility index (Phi) is 5.35. The number of rotatable bonds is 6. The summed E-state index contributed by atoms with van der Waals surface area (Å²) >= 11 is 5.41. The van der Waals surface area contributed by atoms with Gasteiger partial charge in [0.1, 0.15) is 0 Å². The normalized spacial score (nSPS) is 12.8. The molecule has 0 saturated carbocycles. The van der Waals surface area contributed by atoms with Crippen LogP contribution in [0.4, 0.5) is 0 Å².